The lowest BCUT2D eigenvalue weighted by molar-refractivity contribution is -0.116. The molecule has 2 aromatic heterocycles. The quantitative estimate of drug-likeness (QED) is 0.688. The van der Waals surface area contributed by atoms with Crippen LogP contribution in [-0.2, 0) is 4.79 Å². The van der Waals surface area contributed by atoms with Crippen LogP contribution in [0.4, 0.5) is 5.69 Å². The van der Waals surface area contributed by atoms with E-state index in [2.05, 4.69) is 22.2 Å². The van der Waals surface area contributed by atoms with Gasteiger partial charge in [-0.25, -0.2) is 4.98 Å². The SMILES string of the molecule is CCCCC(=O)Nc1cccc(-c2csc(-c3cccnc3)n2)c1. The van der Waals surface area contributed by atoms with Gasteiger partial charge in [-0.1, -0.05) is 25.5 Å². The molecular weight excluding hydrogens is 318 g/mol. The van der Waals surface area contributed by atoms with Crippen molar-refractivity contribution in [2.45, 2.75) is 26.2 Å². The van der Waals surface area contributed by atoms with Crippen molar-refractivity contribution in [2.75, 3.05) is 5.32 Å². The maximum absolute atomic E-state index is 11.9. The number of carbonyl (C=O) groups excluding carboxylic acids is 1. The number of pyridine rings is 1. The van der Waals surface area contributed by atoms with E-state index in [0.29, 0.717) is 6.42 Å². The molecule has 1 aromatic carbocycles. The third kappa shape index (κ3) is 4.06. The molecule has 0 unspecified atom stereocenters. The molecule has 5 heteroatoms. The van der Waals surface area contributed by atoms with Crippen molar-refractivity contribution in [1.82, 2.24) is 9.97 Å². The Morgan fingerprint density at radius 2 is 2.08 bits per heavy atom. The van der Waals surface area contributed by atoms with Crippen LogP contribution in [0.15, 0.2) is 54.2 Å². The van der Waals surface area contributed by atoms with Gasteiger partial charge in [0, 0.05) is 41.0 Å². The van der Waals surface area contributed by atoms with Crippen LogP contribution in [0.2, 0.25) is 0 Å². The maximum atomic E-state index is 11.9. The molecule has 0 saturated carbocycles. The molecule has 4 nitrogen and oxygen atoms in total. The second-order valence-electron chi connectivity index (χ2n) is 5.51. The molecule has 3 rings (SSSR count). The fourth-order valence-corrected chi connectivity index (χ4v) is 3.17. The molecule has 0 bridgehead atoms. The molecule has 0 aliphatic heterocycles. The number of anilines is 1. The minimum absolute atomic E-state index is 0.0586. The topological polar surface area (TPSA) is 54.9 Å². The highest BCUT2D eigenvalue weighted by atomic mass is 32.1. The summed E-state index contributed by atoms with van der Waals surface area (Å²) in [5.41, 5.74) is 3.72. The number of carbonyl (C=O) groups is 1. The number of benzene rings is 1. The van der Waals surface area contributed by atoms with Crippen molar-refractivity contribution in [2.24, 2.45) is 0 Å². The summed E-state index contributed by atoms with van der Waals surface area (Å²) < 4.78 is 0. The Labute approximate surface area is 145 Å². The standard InChI is InChI=1S/C19H19N3OS/c1-2-3-9-18(23)21-16-8-4-6-14(11-16)17-13-24-19(22-17)15-7-5-10-20-12-15/h4-8,10-13H,2-3,9H2,1H3,(H,21,23). The third-order valence-electron chi connectivity index (χ3n) is 3.61. The second-order valence-corrected chi connectivity index (χ2v) is 6.37. The zero-order valence-corrected chi connectivity index (χ0v) is 14.3. The minimum atomic E-state index is 0.0586. The fourth-order valence-electron chi connectivity index (χ4n) is 2.35. The average Bonchev–Trinajstić information content (AvgIpc) is 3.11. The first-order valence-corrected chi connectivity index (χ1v) is 8.90. The van der Waals surface area contributed by atoms with E-state index in [1.54, 1.807) is 17.5 Å². The number of amides is 1. The van der Waals surface area contributed by atoms with Gasteiger partial charge in [-0.15, -0.1) is 11.3 Å². The zero-order chi connectivity index (χ0) is 16.8. The summed E-state index contributed by atoms with van der Waals surface area (Å²) in [7, 11) is 0. The molecule has 122 valence electrons. The van der Waals surface area contributed by atoms with Gasteiger partial charge in [0.1, 0.15) is 5.01 Å². The van der Waals surface area contributed by atoms with Crippen molar-refractivity contribution in [3.8, 4) is 21.8 Å². The van der Waals surface area contributed by atoms with E-state index >= 15 is 0 Å². The van der Waals surface area contributed by atoms with Crippen molar-refractivity contribution >= 4 is 22.9 Å². The van der Waals surface area contributed by atoms with E-state index in [1.807, 2.05) is 48.0 Å². The summed E-state index contributed by atoms with van der Waals surface area (Å²) in [6.45, 7) is 2.08. The molecule has 0 saturated heterocycles. The first kappa shape index (κ1) is 16.3. The molecule has 0 aliphatic rings. The summed E-state index contributed by atoms with van der Waals surface area (Å²) in [4.78, 5) is 20.7. The number of hydrogen-bond acceptors (Lipinski definition) is 4. The Bertz CT molecular complexity index is 814. The van der Waals surface area contributed by atoms with E-state index in [9.17, 15) is 4.79 Å². The highest BCUT2D eigenvalue weighted by Crippen LogP contribution is 2.29. The van der Waals surface area contributed by atoms with Crippen LogP contribution in [0.5, 0.6) is 0 Å². The highest BCUT2D eigenvalue weighted by Gasteiger charge is 2.08. The van der Waals surface area contributed by atoms with Gasteiger partial charge in [0.05, 0.1) is 5.69 Å². The number of nitrogens with one attached hydrogen (secondary N) is 1. The Morgan fingerprint density at radius 3 is 2.88 bits per heavy atom. The van der Waals surface area contributed by atoms with E-state index in [4.69, 9.17) is 0 Å². The molecule has 0 aliphatic carbocycles. The summed E-state index contributed by atoms with van der Waals surface area (Å²) in [5, 5.41) is 5.92. The number of unbranched alkanes of at least 4 members (excludes halogenated alkanes) is 1. The normalized spacial score (nSPS) is 10.5. The van der Waals surface area contributed by atoms with Crippen molar-refractivity contribution in [1.29, 1.82) is 0 Å². The van der Waals surface area contributed by atoms with Crippen LogP contribution in [0.25, 0.3) is 21.8 Å². The first-order valence-electron chi connectivity index (χ1n) is 8.02. The van der Waals surface area contributed by atoms with Crippen molar-refractivity contribution in [3.63, 3.8) is 0 Å². The lowest BCUT2D eigenvalue weighted by Crippen LogP contribution is -2.10. The van der Waals surface area contributed by atoms with Gasteiger partial charge >= 0.3 is 0 Å². The largest absolute Gasteiger partial charge is 0.326 e. The van der Waals surface area contributed by atoms with E-state index in [1.165, 1.54) is 0 Å². The molecule has 0 spiro atoms. The molecule has 0 radical (unpaired) electrons. The van der Waals surface area contributed by atoms with Crippen molar-refractivity contribution < 1.29 is 4.79 Å². The highest BCUT2D eigenvalue weighted by molar-refractivity contribution is 7.13. The molecule has 2 heterocycles. The zero-order valence-electron chi connectivity index (χ0n) is 13.5. The molecule has 1 N–H and O–H groups in total. The predicted octanol–water partition coefficient (Wildman–Crippen LogP) is 5.00. The smallest absolute Gasteiger partial charge is 0.224 e. The number of thiazole rings is 1. The van der Waals surface area contributed by atoms with Gasteiger partial charge in [-0.3, -0.25) is 9.78 Å². The van der Waals surface area contributed by atoms with Crippen LogP contribution in [0, 0.1) is 0 Å². The van der Waals surface area contributed by atoms with Crippen LogP contribution in [-0.4, -0.2) is 15.9 Å². The van der Waals surface area contributed by atoms with E-state index in [0.717, 1.165) is 40.4 Å². The van der Waals surface area contributed by atoms with Gasteiger partial charge in [0.15, 0.2) is 0 Å². The van der Waals surface area contributed by atoms with Crippen LogP contribution in [0.1, 0.15) is 26.2 Å². The molecule has 3 aromatic rings. The number of hydrogen-bond donors (Lipinski definition) is 1. The average molecular weight is 337 g/mol. The summed E-state index contributed by atoms with van der Waals surface area (Å²) in [6.07, 6.45) is 6.05. The van der Waals surface area contributed by atoms with Crippen LogP contribution >= 0.6 is 11.3 Å². The summed E-state index contributed by atoms with van der Waals surface area (Å²) in [5.74, 6) is 0.0586. The maximum Gasteiger partial charge on any atom is 0.224 e. The van der Waals surface area contributed by atoms with Crippen molar-refractivity contribution in [3.05, 3.63) is 54.2 Å². The molecule has 0 atom stereocenters. The van der Waals surface area contributed by atoms with Gasteiger partial charge in [-0.05, 0) is 30.7 Å². The molecule has 0 fully saturated rings. The Balaban J connectivity index is 1.77. The van der Waals surface area contributed by atoms with E-state index in [-0.39, 0.29) is 5.91 Å². The Hall–Kier alpha value is -2.53. The summed E-state index contributed by atoms with van der Waals surface area (Å²) in [6, 6.07) is 11.7. The van der Waals surface area contributed by atoms with E-state index < -0.39 is 0 Å². The van der Waals surface area contributed by atoms with Crippen LogP contribution in [0.3, 0.4) is 0 Å². The minimum Gasteiger partial charge on any atom is -0.326 e. The fraction of sp³-hybridized carbons (Fsp3) is 0.211. The lowest BCUT2D eigenvalue weighted by Gasteiger charge is -2.06. The van der Waals surface area contributed by atoms with Gasteiger partial charge in [0.25, 0.3) is 0 Å². The third-order valence-corrected chi connectivity index (χ3v) is 4.50. The van der Waals surface area contributed by atoms with Gasteiger partial charge in [0.2, 0.25) is 5.91 Å². The van der Waals surface area contributed by atoms with Gasteiger partial charge < -0.3 is 5.32 Å². The molecule has 24 heavy (non-hydrogen) atoms. The Morgan fingerprint density at radius 1 is 1.21 bits per heavy atom. The van der Waals surface area contributed by atoms with Crippen LogP contribution < -0.4 is 5.32 Å². The molecule has 1 amide bonds. The lowest BCUT2D eigenvalue weighted by atomic mass is 10.1. The second kappa shape index (κ2) is 7.84. The monoisotopic (exact) mass is 337 g/mol. The number of rotatable bonds is 6. The number of aromatic nitrogens is 2. The Kier molecular flexibility index (Phi) is 5.33. The van der Waals surface area contributed by atoms with Gasteiger partial charge in [-0.2, -0.15) is 0 Å². The predicted molar refractivity (Wildman–Crippen MR) is 98.9 cm³/mol. The molecular formula is C19H19N3OS. The summed E-state index contributed by atoms with van der Waals surface area (Å²) >= 11 is 1.59. The first-order chi connectivity index (χ1) is 11.8. The number of nitrogens with zero attached hydrogens (tertiary/aromatic N) is 2.